The highest BCUT2D eigenvalue weighted by molar-refractivity contribution is 5.94. The summed E-state index contributed by atoms with van der Waals surface area (Å²) < 4.78 is 2.08. The number of rotatable bonds is 4. The van der Waals surface area contributed by atoms with Crippen molar-refractivity contribution < 1.29 is 4.79 Å². The van der Waals surface area contributed by atoms with Crippen molar-refractivity contribution >= 4 is 12.1 Å². The Hall–Kier alpha value is -2.36. The Kier molecular flexibility index (Phi) is 4.13. The molecular weight excluding hydrogens is 238 g/mol. The Morgan fingerprint density at radius 2 is 2.00 bits per heavy atom. The minimum Gasteiger partial charge on any atom is -0.351 e. The van der Waals surface area contributed by atoms with Gasteiger partial charge >= 0.3 is 0 Å². The Labute approximate surface area is 112 Å². The van der Waals surface area contributed by atoms with Crippen molar-refractivity contribution in [2.24, 2.45) is 5.10 Å². The Balaban J connectivity index is 1.94. The van der Waals surface area contributed by atoms with Crippen molar-refractivity contribution in [3.05, 3.63) is 59.9 Å². The zero-order valence-electron chi connectivity index (χ0n) is 11.1. The van der Waals surface area contributed by atoms with Crippen LogP contribution in [0.4, 0.5) is 0 Å². The number of hydrogen-bond donors (Lipinski definition) is 1. The zero-order valence-corrected chi connectivity index (χ0v) is 11.1. The van der Waals surface area contributed by atoms with Crippen molar-refractivity contribution in [2.75, 3.05) is 0 Å². The van der Waals surface area contributed by atoms with Gasteiger partial charge in [0.2, 0.25) is 0 Å². The van der Waals surface area contributed by atoms with Gasteiger partial charge in [-0.3, -0.25) is 4.79 Å². The SMILES string of the molecule is CC(C)n1ccc(/C=N\NC(=O)c2ccccc2)c1. The van der Waals surface area contributed by atoms with E-state index in [1.54, 1.807) is 18.3 Å². The minimum atomic E-state index is -0.208. The molecule has 0 aliphatic rings. The maximum atomic E-state index is 11.7. The zero-order chi connectivity index (χ0) is 13.7. The van der Waals surface area contributed by atoms with E-state index in [9.17, 15) is 4.79 Å². The Morgan fingerprint density at radius 1 is 1.26 bits per heavy atom. The lowest BCUT2D eigenvalue weighted by Gasteiger charge is -2.04. The topological polar surface area (TPSA) is 46.4 Å². The summed E-state index contributed by atoms with van der Waals surface area (Å²) in [5, 5.41) is 3.95. The number of amides is 1. The van der Waals surface area contributed by atoms with Gasteiger partial charge in [-0.25, -0.2) is 5.43 Å². The molecule has 0 spiro atoms. The maximum Gasteiger partial charge on any atom is 0.271 e. The second-order valence-electron chi connectivity index (χ2n) is 4.55. The molecule has 1 heterocycles. The quantitative estimate of drug-likeness (QED) is 0.662. The third-order valence-electron chi connectivity index (χ3n) is 2.75. The van der Waals surface area contributed by atoms with Crippen LogP contribution in [0.1, 0.15) is 35.8 Å². The Bertz CT molecular complexity index is 570. The fourth-order valence-electron chi connectivity index (χ4n) is 1.65. The minimum absolute atomic E-state index is 0.208. The summed E-state index contributed by atoms with van der Waals surface area (Å²) in [6.45, 7) is 4.22. The summed E-state index contributed by atoms with van der Waals surface area (Å²) in [7, 11) is 0. The predicted octanol–water partition coefficient (Wildman–Crippen LogP) is 2.83. The first-order chi connectivity index (χ1) is 9.16. The maximum absolute atomic E-state index is 11.7. The average molecular weight is 255 g/mol. The number of nitrogens with zero attached hydrogens (tertiary/aromatic N) is 2. The first-order valence-electron chi connectivity index (χ1n) is 6.23. The molecule has 2 rings (SSSR count). The normalized spacial score (nSPS) is 11.1. The lowest BCUT2D eigenvalue weighted by molar-refractivity contribution is 0.0955. The molecular formula is C15H17N3O. The van der Waals surface area contributed by atoms with Crippen LogP contribution in [0.2, 0.25) is 0 Å². The molecule has 1 N–H and O–H groups in total. The molecule has 0 aliphatic heterocycles. The van der Waals surface area contributed by atoms with Gasteiger partial charge in [-0.15, -0.1) is 0 Å². The van der Waals surface area contributed by atoms with Gasteiger partial charge in [0.05, 0.1) is 6.21 Å². The number of hydrazone groups is 1. The van der Waals surface area contributed by atoms with Crippen LogP contribution in [0, 0.1) is 0 Å². The van der Waals surface area contributed by atoms with Gasteiger partial charge in [0.1, 0.15) is 0 Å². The van der Waals surface area contributed by atoms with Crippen LogP contribution in [0.25, 0.3) is 0 Å². The molecule has 0 fully saturated rings. The first-order valence-corrected chi connectivity index (χ1v) is 6.23. The van der Waals surface area contributed by atoms with Gasteiger partial charge in [0.25, 0.3) is 5.91 Å². The van der Waals surface area contributed by atoms with Crippen LogP contribution in [0.15, 0.2) is 53.9 Å². The van der Waals surface area contributed by atoms with E-state index >= 15 is 0 Å². The number of carbonyl (C=O) groups excluding carboxylic acids is 1. The first kappa shape index (κ1) is 13.1. The molecule has 1 aromatic heterocycles. The van der Waals surface area contributed by atoms with Crippen LogP contribution < -0.4 is 5.43 Å². The molecule has 0 aliphatic carbocycles. The van der Waals surface area contributed by atoms with E-state index < -0.39 is 0 Å². The van der Waals surface area contributed by atoms with Gasteiger partial charge in [0, 0.05) is 29.6 Å². The molecule has 98 valence electrons. The standard InChI is InChI=1S/C15H17N3O/c1-12(2)18-9-8-13(11-18)10-16-17-15(19)14-6-4-3-5-7-14/h3-12H,1-2H3,(H,17,19)/b16-10-. The van der Waals surface area contributed by atoms with Crippen molar-refractivity contribution in [1.82, 2.24) is 9.99 Å². The summed E-state index contributed by atoms with van der Waals surface area (Å²) >= 11 is 0. The van der Waals surface area contributed by atoms with E-state index in [0.29, 0.717) is 11.6 Å². The predicted molar refractivity (Wildman–Crippen MR) is 76.3 cm³/mol. The highest BCUT2D eigenvalue weighted by Crippen LogP contribution is 2.06. The highest BCUT2D eigenvalue weighted by Gasteiger charge is 2.02. The highest BCUT2D eigenvalue weighted by atomic mass is 16.2. The molecule has 0 radical (unpaired) electrons. The summed E-state index contributed by atoms with van der Waals surface area (Å²) in [6, 6.07) is 11.4. The molecule has 0 bridgehead atoms. The van der Waals surface area contributed by atoms with E-state index in [4.69, 9.17) is 0 Å². The molecule has 1 aromatic carbocycles. The van der Waals surface area contributed by atoms with Gasteiger partial charge in [-0.2, -0.15) is 5.10 Å². The molecule has 19 heavy (non-hydrogen) atoms. The molecule has 4 heteroatoms. The van der Waals surface area contributed by atoms with E-state index in [1.165, 1.54) is 0 Å². The largest absolute Gasteiger partial charge is 0.351 e. The van der Waals surface area contributed by atoms with Gasteiger partial charge in [-0.1, -0.05) is 18.2 Å². The average Bonchev–Trinajstić information content (AvgIpc) is 2.89. The van der Waals surface area contributed by atoms with E-state index in [2.05, 4.69) is 28.9 Å². The Morgan fingerprint density at radius 3 is 2.63 bits per heavy atom. The van der Waals surface area contributed by atoms with E-state index in [1.807, 2.05) is 36.7 Å². The van der Waals surface area contributed by atoms with Gasteiger partial charge in [-0.05, 0) is 32.0 Å². The van der Waals surface area contributed by atoms with Crippen molar-refractivity contribution in [2.45, 2.75) is 19.9 Å². The van der Waals surface area contributed by atoms with Crippen LogP contribution in [-0.4, -0.2) is 16.7 Å². The second-order valence-corrected chi connectivity index (χ2v) is 4.55. The number of aromatic nitrogens is 1. The van der Waals surface area contributed by atoms with Gasteiger partial charge in [0.15, 0.2) is 0 Å². The van der Waals surface area contributed by atoms with Crippen molar-refractivity contribution in [3.63, 3.8) is 0 Å². The molecule has 1 amide bonds. The van der Waals surface area contributed by atoms with Crippen LogP contribution >= 0.6 is 0 Å². The van der Waals surface area contributed by atoms with Gasteiger partial charge < -0.3 is 4.57 Å². The third kappa shape index (κ3) is 3.55. The summed E-state index contributed by atoms with van der Waals surface area (Å²) in [4.78, 5) is 11.7. The number of benzene rings is 1. The van der Waals surface area contributed by atoms with Crippen LogP contribution in [0.5, 0.6) is 0 Å². The molecule has 0 atom stereocenters. The lowest BCUT2D eigenvalue weighted by Crippen LogP contribution is -2.17. The molecule has 0 unspecified atom stereocenters. The van der Waals surface area contributed by atoms with Crippen molar-refractivity contribution in [1.29, 1.82) is 0 Å². The molecule has 0 saturated heterocycles. The number of hydrogen-bond acceptors (Lipinski definition) is 2. The third-order valence-corrected chi connectivity index (χ3v) is 2.75. The molecule has 2 aromatic rings. The van der Waals surface area contributed by atoms with E-state index in [0.717, 1.165) is 5.56 Å². The van der Waals surface area contributed by atoms with Crippen LogP contribution in [-0.2, 0) is 0 Å². The fourth-order valence-corrected chi connectivity index (χ4v) is 1.65. The lowest BCUT2D eigenvalue weighted by atomic mass is 10.2. The summed E-state index contributed by atoms with van der Waals surface area (Å²) in [5.74, 6) is -0.208. The number of carbonyl (C=O) groups is 1. The van der Waals surface area contributed by atoms with Crippen LogP contribution in [0.3, 0.4) is 0 Å². The monoisotopic (exact) mass is 255 g/mol. The fraction of sp³-hybridized carbons (Fsp3) is 0.200. The van der Waals surface area contributed by atoms with E-state index in [-0.39, 0.29) is 5.91 Å². The number of nitrogens with one attached hydrogen (secondary N) is 1. The molecule has 4 nitrogen and oxygen atoms in total. The smallest absolute Gasteiger partial charge is 0.271 e. The molecule has 0 saturated carbocycles. The second kappa shape index (κ2) is 6.00. The van der Waals surface area contributed by atoms with Crippen molar-refractivity contribution in [3.8, 4) is 0 Å². The summed E-state index contributed by atoms with van der Waals surface area (Å²) in [6.07, 6.45) is 5.62. The summed E-state index contributed by atoms with van der Waals surface area (Å²) in [5.41, 5.74) is 4.06.